The lowest BCUT2D eigenvalue weighted by Crippen LogP contribution is -2.32. The topological polar surface area (TPSA) is 68.8 Å². The number of carbonyl (C=O) groups is 1. The molecule has 2 aromatic carbocycles. The largest absolute Gasteiger partial charge is 0.493 e. The molecule has 0 bridgehead atoms. The number of benzene rings is 2. The molecule has 0 saturated heterocycles. The number of rotatable bonds is 7. The summed E-state index contributed by atoms with van der Waals surface area (Å²) in [7, 11) is 4.44. The number of amides is 1. The first-order valence-corrected chi connectivity index (χ1v) is 7.72. The summed E-state index contributed by atoms with van der Waals surface area (Å²) in [4.78, 5) is 12.3. The van der Waals surface area contributed by atoms with Crippen LogP contribution in [0, 0.1) is 11.6 Å². The van der Waals surface area contributed by atoms with E-state index in [4.69, 9.17) is 14.2 Å². The summed E-state index contributed by atoms with van der Waals surface area (Å²) in [5.74, 6) is -0.661. The standard InChI is InChI=1S/C18H20F2N2O4/c1-10(18(23)22-14-7-11(19)5-6-13(14)20)21-12-8-15(24-2)17(26-4)16(9-12)25-3/h5-10,21H,1-4H3,(H,22,23). The van der Waals surface area contributed by atoms with Crippen molar-refractivity contribution in [3.63, 3.8) is 0 Å². The molecule has 0 aliphatic heterocycles. The zero-order chi connectivity index (χ0) is 19.3. The Balaban J connectivity index is 2.17. The number of hydrogen-bond donors (Lipinski definition) is 2. The van der Waals surface area contributed by atoms with Gasteiger partial charge in [-0.1, -0.05) is 0 Å². The maximum Gasteiger partial charge on any atom is 0.246 e. The first kappa shape index (κ1) is 19.3. The first-order chi connectivity index (χ1) is 12.4. The molecule has 8 heteroatoms. The van der Waals surface area contributed by atoms with Crippen LogP contribution in [0.2, 0.25) is 0 Å². The van der Waals surface area contributed by atoms with Crippen LogP contribution in [0.4, 0.5) is 20.2 Å². The summed E-state index contributed by atoms with van der Waals surface area (Å²) < 4.78 is 42.6. The zero-order valence-electron chi connectivity index (χ0n) is 14.9. The fourth-order valence-electron chi connectivity index (χ4n) is 2.31. The second kappa shape index (κ2) is 8.37. The van der Waals surface area contributed by atoms with E-state index in [1.54, 1.807) is 19.1 Å². The van der Waals surface area contributed by atoms with Crippen molar-refractivity contribution >= 4 is 17.3 Å². The molecule has 1 atom stereocenters. The molecule has 2 rings (SSSR count). The van der Waals surface area contributed by atoms with Crippen molar-refractivity contribution in [3.05, 3.63) is 42.0 Å². The molecule has 0 heterocycles. The molecule has 0 aliphatic carbocycles. The highest BCUT2D eigenvalue weighted by atomic mass is 19.1. The monoisotopic (exact) mass is 366 g/mol. The molecule has 0 aromatic heterocycles. The molecule has 0 fully saturated rings. The first-order valence-electron chi connectivity index (χ1n) is 7.72. The van der Waals surface area contributed by atoms with Crippen molar-refractivity contribution in [1.29, 1.82) is 0 Å². The Hall–Kier alpha value is -3.03. The normalized spacial score (nSPS) is 11.5. The molecule has 26 heavy (non-hydrogen) atoms. The summed E-state index contributed by atoms with van der Waals surface area (Å²) >= 11 is 0. The predicted octanol–water partition coefficient (Wildman–Crippen LogP) is 3.43. The highest BCUT2D eigenvalue weighted by Gasteiger charge is 2.18. The maximum absolute atomic E-state index is 13.7. The van der Waals surface area contributed by atoms with Gasteiger partial charge in [-0.3, -0.25) is 4.79 Å². The average Bonchev–Trinajstić information content (AvgIpc) is 2.63. The van der Waals surface area contributed by atoms with E-state index in [0.717, 1.165) is 18.2 Å². The summed E-state index contributed by atoms with van der Waals surface area (Å²) in [5, 5.41) is 5.30. The van der Waals surface area contributed by atoms with Crippen molar-refractivity contribution in [2.45, 2.75) is 13.0 Å². The third-order valence-corrected chi connectivity index (χ3v) is 3.63. The highest BCUT2D eigenvalue weighted by Crippen LogP contribution is 2.40. The second-order valence-electron chi connectivity index (χ2n) is 5.39. The molecule has 2 aromatic rings. The van der Waals surface area contributed by atoms with Gasteiger partial charge in [0.05, 0.1) is 27.0 Å². The number of ether oxygens (including phenoxy) is 3. The van der Waals surface area contributed by atoms with Crippen LogP contribution in [0.25, 0.3) is 0 Å². The van der Waals surface area contributed by atoms with Crippen LogP contribution >= 0.6 is 0 Å². The van der Waals surface area contributed by atoms with Gasteiger partial charge in [0, 0.05) is 23.9 Å². The van der Waals surface area contributed by atoms with Gasteiger partial charge in [-0.25, -0.2) is 8.78 Å². The third kappa shape index (κ3) is 4.33. The maximum atomic E-state index is 13.7. The summed E-state index contributed by atoms with van der Waals surface area (Å²) in [6, 6.07) is 5.35. The number of methoxy groups -OCH3 is 3. The number of anilines is 2. The minimum atomic E-state index is -0.750. The van der Waals surface area contributed by atoms with Gasteiger partial charge >= 0.3 is 0 Å². The molecule has 0 saturated carbocycles. The van der Waals surface area contributed by atoms with Gasteiger partial charge in [-0.15, -0.1) is 0 Å². The number of hydrogen-bond acceptors (Lipinski definition) is 5. The molecular weight excluding hydrogens is 346 g/mol. The fourth-order valence-corrected chi connectivity index (χ4v) is 2.31. The van der Waals surface area contributed by atoms with Crippen LogP contribution in [0.5, 0.6) is 17.2 Å². The number of halogens is 2. The Morgan fingerprint density at radius 2 is 1.62 bits per heavy atom. The minimum absolute atomic E-state index is 0.228. The summed E-state index contributed by atoms with van der Waals surface area (Å²) in [5.41, 5.74) is 0.301. The fraction of sp³-hybridized carbons (Fsp3) is 0.278. The molecule has 0 radical (unpaired) electrons. The molecule has 2 N–H and O–H groups in total. The van der Waals surface area contributed by atoms with E-state index in [9.17, 15) is 13.6 Å². The Bertz CT molecular complexity index is 774. The summed E-state index contributed by atoms with van der Waals surface area (Å²) in [6.45, 7) is 1.58. The Labute approximate surface area is 150 Å². The Morgan fingerprint density at radius 3 is 2.15 bits per heavy atom. The SMILES string of the molecule is COc1cc(NC(C)C(=O)Nc2cc(F)ccc2F)cc(OC)c1OC. The summed E-state index contributed by atoms with van der Waals surface area (Å²) in [6.07, 6.45) is 0. The molecule has 1 unspecified atom stereocenters. The van der Waals surface area contributed by atoms with Crippen LogP contribution in [-0.4, -0.2) is 33.3 Å². The van der Waals surface area contributed by atoms with E-state index in [1.807, 2.05) is 0 Å². The minimum Gasteiger partial charge on any atom is -0.493 e. The van der Waals surface area contributed by atoms with E-state index < -0.39 is 23.6 Å². The third-order valence-electron chi connectivity index (χ3n) is 3.63. The van der Waals surface area contributed by atoms with Crippen LogP contribution in [-0.2, 0) is 4.79 Å². The van der Waals surface area contributed by atoms with Crippen molar-refractivity contribution in [2.75, 3.05) is 32.0 Å². The lowest BCUT2D eigenvalue weighted by atomic mass is 10.2. The smallest absolute Gasteiger partial charge is 0.246 e. The van der Waals surface area contributed by atoms with Gasteiger partial charge in [0.25, 0.3) is 0 Å². The number of nitrogens with one attached hydrogen (secondary N) is 2. The number of carbonyl (C=O) groups excluding carboxylic acids is 1. The Morgan fingerprint density at radius 1 is 1.00 bits per heavy atom. The molecule has 6 nitrogen and oxygen atoms in total. The quantitative estimate of drug-likeness (QED) is 0.786. The molecule has 140 valence electrons. The molecule has 1 amide bonds. The zero-order valence-corrected chi connectivity index (χ0v) is 14.9. The average molecular weight is 366 g/mol. The van der Waals surface area contributed by atoms with Crippen LogP contribution in [0.3, 0.4) is 0 Å². The van der Waals surface area contributed by atoms with E-state index in [1.165, 1.54) is 21.3 Å². The van der Waals surface area contributed by atoms with Crippen LogP contribution in [0.15, 0.2) is 30.3 Å². The Kier molecular flexibility index (Phi) is 6.21. The lowest BCUT2D eigenvalue weighted by Gasteiger charge is -2.18. The van der Waals surface area contributed by atoms with E-state index in [0.29, 0.717) is 22.9 Å². The van der Waals surface area contributed by atoms with Gasteiger partial charge in [-0.05, 0) is 19.1 Å². The molecule has 0 spiro atoms. The van der Waals surface area contributed by atoms with Crippen molar-refractivity contribution in [2.24, 2.45) is 0 Å². The van der Waals surface area contributed by atoms with Crippen LogP contribution < -0.4 is 24.8 Å². The van der Waals surface area contributed by atoms with Gasteiger partial charge in [0.2, 0.25) is 11.7 Å². The predicted molar refractivity (Wildman–Crippen MR) is 94.2 cm³/mol. The van der Waals surface area contributed by atoms with Crippen molar-refractivity contribution in [1.82, 2.24) is 0 Å². The van der Waals surface area contributed by atoms with Gasteiger partial charge < -0.3 is 24.8 Å². The molecule has 0 aliphatic rings. The van der Waals surface area contributed by atoms with Gasteiger partial charge in [0.15, 0.2) is 11.5 Å². The lowest BCUT2D eigenvalue weighted by molar-refractivity contribution is -0.116. The van der Waals surface area contributed by atoms with Gasteiger partial charge in [-0.2, -0.15) is 0 Å². The van der Waals surface area contributed by atoms with Gasteiger partial charge in [0.1, 0.15) is 17.7 Å². The van der Waals surface area contributed by atoms with E-state index in [-0.39, 0.29) is 5.69 Å². The molecular formula is C18H20F2N2O4. The second-order valence-corrected chi connectivity index (χ2v) is 5.39. The van der Waals surface area contributed by atoms with Crippen molar-refractivity contribution < 1.29 is 27.8 Å². The van der Waals surface area contributed by atoms with Crippen LogP contribution in [0.1, 0.15) is 6.92 Å². The van der Waals surface area contributed by atoms with E-state index in [2.05, 4.69) is 10.6 Å². The van der Waals surface area contributed by atoms with E-state index >= 15 is 0 Å². The highest BCUT2D eigenvalue weighted by molar-refractivity contribution is 5.96. The van der Waals surface area contributed by atoms with Crippen molar-refractivity contribution in [3.8, 4) is 17.2 Å².